The Hall–Kier alpha value is -0.670. The molecule has 0 N–H and O–H groups in total. The first-order valence-corrected chi connectivity index (χ1v) is 5.45. The van der Waals surface area contributed by atoms with Crippen LogP contribution in [0.5, 0.6) is 0 Å². The third kappa shape index (κ3) is 2.67. The summed E-state index contributed by atoms with van der Waals surface area (Å²) in [5.41, 5.74) is 0. The molecule has 0 radical (unpaired) electrons. The van der Waals surface area contributed by atoms with Gasteiger partial charge in [0.05, 0.1) is 32.5 Å². The first kappa shape index (κ1) is 10.8. The van der Waals surface area contributed by atoms with Gasteiger partial charge in [-0.05, 0) is 0 Å². The highest BCUT2D eigenvalue weighted by Crippen LogP contribution is 2.10. The molecule has 2 saturated heterocycles. The molecule has 0 unspecified atom stereocenters. The molecule has 84 valence electrons. The van der Waals surface area contributed by atoms with Crippen molar-refractivity contribution in [2.75, 3.05) is 52.6 Å². The van der Waals surface area contributed by atoms with Crippen LogP contribution in [-0.4, -0.2) is 68.6 Å². The molecule has 2 fully saturated rings. The van der Waals surface area contributed by atoms with E-state index in [1.807, 2.05) is 0 Å². The maximum absolute atomic E-state index is 9.22. The largest absolute Gasteiger partial charge is 0.379 e. The maximum atomic E-state index is 9.22. The molecule has 0 atom stereocenters. The summed E-state index contributed by atoms with van der Waals surface area (Å²) in [6.45, 7) is 6.38. The van der Waals surface area contributed by atoms with Gasteiger partial charge in [-0.15, -0.1) is 0 Å². The minimum Gasteiger partial charge on any atom is -0.379 e. The zero-order valence-corrected chi connectivity index (χ0v) is 8.89. The third-order valence-corrected chi connectivity index (χ3v) is 2.90. The van der Waals surface area contributed by atoms with E-state index in [0.29, 0.717) is 0 Å². The highest BCUT2D eigenvalue weighted by atomic mass is 16.5. The lowest BCUT2D eigenvalue weighted by molar-refractivity contribution is -0.0465. The predicted molar refractivity (Wildman–Crippen MR) is 54.2 cm³/mol. The SMILES string of the molecule is N#CC(N1CCOCC1)N1CCOCC1. The highest BCUT2D eigenvalue weighted by molar-refractivity contribution is 4.93. The summed E-state index contributed by atoms with van der Waals surface area (Å²) >= 11 is 0. The zero-order valence-electron chi connectivity index (χ0n) is 8.89. The standard InChI is InChI=1S/C10H17N3O2/c11-9-10(12-1-5-14-6-2-12)13-3-7-15-8-4-13/h10H,1-8H2. The summed E-state index contributed by atoms with van der Waals surface area (Å²) in [6, 6.07) is 2.38. The molecule has 0 aromatic rings. The van der Waals surface area contributed by atoms with Gasteiger partial charge >= 0.3 is 0 Å². The van der Waals surface area contributed by atoms with Crippen molar-refractivity contribution in [3.8, 4) is 6.07 Å². The van der Waals surface area contributed by atoms with Crippen LogP contribution in [0.25, 0.3) is 0 Å². The van der Waals surface area contributed by atoms with Crippen LogP contribution < -0.4 is 0 Å². The van der Waals surface area contributed by atoms with Crippen LogP contribution in [0, 0.1) is 11.3 Å². The molecule has 5 nitrogen and oxygen atoms in total. The smallest absolute Gasteiger partial charge is 0.153 e. The van der Waals surface area contributed by atoms with E-state index in [4.69, 9.17) is 9.47 Å². The number of hydrogen-bond acceptors (Lipinski definition) is 5. The summed E-state index contributed by atoms with van der Waals surface area (Å²) in [6.07, 6.45) is -0.0993. The fourth-order valence-corrected chi connectivity index (χ4v) is 2.04. The second kappa shape index (κ2) is 5.42. The topological polar surface area (TPSA) is 48.7 Å². The van der Waals surface area contributed by atoms with Crippen molar-refractivity contribution in [2.45, 2.75) is 6.17 Å². The molecule has 2 heterocycles. The lowest BCUT2D eigenvalue weighted by Crippen LogP contribution is -2.54. The second-order valence-corrected chi connectivity index (χ2v) is 3.80. The second-order valence-electron chi connectivity index (χ2n) is 3.80. The molecule has 2 rings (SSSR count). The molecule has 0 aromatic heterocycles. The number of ether oxygens (including phenoxy) is 2. The summed E-state index contributed by atoms with van der Waals surface area (Å²) in [5, 5.41) is 9.22. The van der Waals surface area contributed by atoms with E-state index in [1.165, 1.54) is 0 Å². The number of rotatable bonds is 2. The quantitative estimate of drug-likeness (QED) is 0.616. The van der Waals surface area contributed by atoms with E-state index >= 15 is 0 Å². The van der Waals surface area contributed by atoms with Crippen LogP contribution >= 0.6 is 0 Å². The van der Waals surface area contributed by atoms with Crippen molar-refractivity contribution in [1.29, 1.82) is 5.26 Å². The van der Waals surface area contributed by atoms with Gasteiger partial charge < -0.3 is 9.47 Å². The fraction of sp³-hybridized carbons (Fsp3) is 0.900. The fourth-order valence-electron chi connectivity index (χ4n) is 2.04. The number of nitrogens with zero attached hydrogens (tertiary/aromatic N) is 3. The van der Waals surface area contributed by atoms with E-state index in [0.717, 1.165) is 52.6 Å². The average molecular weight is 211 g/mol. The lowest BCUT2D eigenvalue weighted by Gasteiger charge is -2.38. The normalized spacial score (nSPS) is 25.3. The Labute approximate surface area is 90.2 Å². The molecular weight excluding hydrogens is 194 g/mol. The Morgan fingerprint density at radius 1 is 0.867 bits per heavy atom. The van der Waals surface area contributed by atoms with Crippen LogP contribution in [0.4, 0.5) is 0 Å². The molecule has 5 heteroatoms. The molecular formula is C10H17N3O2. The van der Waals surface area contributed by atoms with Gasteiger partial charge in [0.25, 0.3) is 0 Å². The maximum Gasteiger partial charge on any atom is 0.153 e. The molecule has 0 spiro atoms. The Bertz CT molecular complexity index is 211. The van der Waals surface area contributed by atoms with Crippen LogP contribution in [0.15, 0.2) is 0 Å². The van der Waals surface area contributed by atoms with E-state index in [2.05, 4.69) is 15.9 Å². The van der Waals surface area contributed by atoms with Crippen LogP contribution in [0.1, 0.15) is 0 Å². The Balaban J connectivity index is 1.92. The number of hydrogen-bond donors (Lipinski definition) is 0. The van der Waals surface area contributed by atoms with Crippen molar-refractivity contribution in [3.05, 3.63) is 0 Å². The zero-order chi connectivity index (χ0) is 10.5. The van der Waals surface area contributed by atoms with Crippen molar-refractivity contribution in [3.63, 3.8) is 0 Å². The van der Waals surface area contributed by atoms with Gasteiger partial charge in [-0.1, -0.05) is 0 Å². The van der Waals surface area contributed by atoms with Gasteiger partial charge in [-0.2, -0.15) is 5.26 Å². The Kier molecular flexibility index (Phi) is 3.92. The van der Waals surface area contributed by atoms with Crippen molar-refractivity contribution < 1.29 is 9.47 Å². The van der Waals surface area contributed by atoms with Gasteiger partial charge in [0.2, 0.25) is 0 Å². The van der Waals surface area contributed by atoms with Crippen LogP contribution in [0.2, 0.25) is 0 Å². The summed E-state index contributed by atoms with van der Waals surface area (Å²) in [4.78, 5) is 4.38. The van der Waals surface area contributed by atoms with Crippen molar-refractivity contribution in [1.82, 2.24) is 9.80 Å². The van der Waals surface area contributed by atoms with E-state index in [1.54, 1.807) is 0 Å². The first-order valence-electron chi connectivity index (χ1n) is 5.45. The van der Waals surface area contributed by atoms with Gasteiger partial charge in [-0.25, -0.2) is 0 Å². The van der Waals surface area contributed by atoms with Gasteiger partial charge in [0.1, 0.15) is 0 Å². The van der Waals surface area contributed by atoms with Gasteiger partial charge in [0.15, 0.2) is 6.17 Å². The third-order valence-electron chi connectivity index (χ3n) is 2.90. The highest BCUT2D eigenvalue weighted by Gasteiger charge is 2.27. The van der Waals surface area contributed by atoms with Gasteiger partial charge in [-0.3, -0.25) is 9.80 Å². The minimum atomic E-state index is -0.0993. The molecule has 0 bridgehead atoms. The monoisotopic (exact) mass is 211 g/mol. The summed E-state index contributed by atoms with van der Waals surface area (Å²) in [7, 11) is 0. The Morgan fingerprint density at radius 3 is 1.60 bits per heavy atom. The van der Waals surface area contributed by atoms with Crippen LogP contribution in [0.3, 0.4) is 0 Å². The number of nitriles is 1. The molecule has 0 aliphatic carbocycles. The molecule has 0 aromatic carbocycles. The molecule has 0 saturated carbocycles. The van der Waals surface area contributed by atoms with Crippen molar-refractivity contribution >= 4 is 0 Å². The average Bonchev–Trinajstić information content (AvgIpc) is 2.33. The van der Waals surface area contributed by atoms with E-state index in [-0.39, 0.29) is 6.17 Å². The van der Waals surface area contributed by atoms with Crippen LogP contribution in [-0.2, 0) is 9.47 Å². The lowest BCUT2D eigenvalue weighted by atomic mass is 10.3. The van der Waals surface area contributed by atoms with Crippen molar-refractivity contribution in [2.24, 2.45) is 0 Å². The van der Waals surface area contributed by atoms with E-state index < -0.39 is 0 Å². The molecule has 0 amide bonds. The first-order chi connectivity index (χ1) is 7.42. The molecule has 2 aliphatic rings. The summed E-state index contributed by atoms with van der Waals surface area (Å²) in [5.74, 6) is 0. The summed E-state index contributed by atoms with van der Waals surface area (Å²) < 4.78 is 10.6. The molecule has 15 heavy (non-hydrogen) atoms. The predicted octanol–water partition coefficient (Wildman–Crippen LogP) is -0.500. The molecule has 2 aliphatic heterocycles. The minimum absolute atomic E-state index is 0.0993. The Morgan fingerprint density at radius 2 is 1.27 bits per heavy atom. The van der Waals surface area contributed by atoms with E-state index in [9.17, 15) is 5.26 Å². The van der Waals surface area contributed by atoms with Gasteiger partial charge in [0, 0.05) is 26.2 Å². The number of morpholine rings is 2.